The molecule has 1 saturated carbocycles. The van der Waals surface area contributed by atoms with E-state index < -0.39 is 12.1 Å². The summed E-state index contributed by atoms with van der Waals surface area (Å²) in [5, 5.41) is 5.97. The average Bonchev–Trinajstić information content (AvgIpc) is 3.15. The van der Waals surface area contributed by atoms with Crippen LogP contribution >= 0.6 is 0 Å². The van der Waals surface area contributed by atoms with Crippen LogP contribution in [0, 0.1) is 5.92 Å². The van der Waals surface area contributed by atoms with Crippen LogP contribution in [0.15, 0.2) is 18.3 Å². The molecule has 4 aliphatic rings. The molecule has 4 atom stereocenters. The fraction of sp³-hybridized carbons (Fsp3) is 0.600. The molecule has 0 bridgehead atoms. The number of carbonyl (C=O) groups is 4. The molecule has 4 heterocycles. The predicted octanol–water partition coefficient (Wildman–Crippen LogP) is -0.766. The molecule has 29 heavy (non-hydrogen) atoms. The van der Waals surface area contributed by atoms with Gasteiger partial charge in [0.25, 0.3) is 5.91 Å². The van der Waals surface area contributed by atoms with Gasteiger partial charge in [-0.1, -0.05) is 0 Å². The third kappa shape index (κ3) is 2.99. The molecule has 154 valence electrons. The zero-order chi connectivity index (χ0) is 20.3. The van der Waals surface area contributed by atoms with Crippen molar-refractivity contribution >= 4 is 23.6 Å². The van der Waals surface area contributed by atoms with Crippen LogP contribution in [0.4, 0.5) is 0 Å². The van der Waals surface area contributed by atoms with E-state index in [1.807, 2.05) is 0 Å². The zero-order valence-electron chi connectivity index (χ0n) is 16.3. The van der Waals surface area contributed by atoms with E-state index in [4.69, 9.17) is 0 Å². The lowest BCUT2D eigenvalue weighted by Gasteiger charge is -2.29. The molecule has 4 fully saturated rings. The minimum atomic E-state index is -0.704. The lowest BCUT2D eigenvalue weighted by molar-refractivity contribution is -0.138. The second-order valence-corrected chi connectivity index (χ2v) is 8.57. The van der Waals surface area contributed by atoms with Gasteiger partial charge in [-0.25, -0.2) is 0 Å². The number of likely N-dealkylation sites (tertiary alicyclic amines) is 1. The minimum absolute atomic E-state index is 0.0137. The summed E-state index contributed by atoms with van der Waals surface area (Å²) < 4.78 is 1.73. The maximum atomic E-state index is 13.4. The maximum absolute atomic E-state index is 13.4. The van der Waals surface area contributed by atoms with E-state index in [2.05, 4.69) is 10.6 Å². The quantitative estimate of drug-likeness (QED) is 0.697. The molecule has 0 spiro atoms. The van der Waals surface area contributed by atoms with Gasteiger partial charge in [0.2, 0.25) is 17.7 Å². The molecule has 0 radical (unpaired) electrons. The summed E-state index contributed by atoms with van der Waals surface area (Å²) in [6.07, 6.45) is 4.58. The van der Waals surface area contributed by atoms with Crippen molar-refractivity contribution in [1.29, 1.82) is 0 Å². The van der Waals surface area contributed by atoms with Gasteiger partial charge >= 0.3 is 0 Å². The van der Waals surface area contributed by atoms with Gasteiger partial charge in [-0.2, -0.15) is 0 Å². The Bertz CT molecular complexity index is 891. The Morgan fingerprint density at radius 3 is 2.69 bits per heavy atom. The summed E-state index contributed by atoms with van der Waals surface area (Å²) >= 11 is 0. The van der Waals surface area contributed by atoms with E-state index in [1.54, 1.807) is 39.7 Å². The summed E-state index contributed by atoms with van der Waals surface area (Å²) in [6.45, 7) is 0.733. The Hall–Kier alpha value is -2.84. The number of nitrogens with one attached hydrogen (secondary N) is 2. The van der Waals surface area contributed by atoms with E-state index in [1.165, 1.54) is 0 Å². The van der Waals surface area contributed by atoms with Crippen LogP contribution in [-0.2, 0) is 21.4 Å². The van der Waals surface area contributed by atoms with Crippen LogP contribution in [0.25, 0.3) is 0 Å². The number of carbonyl (C=O) groups excluding carboxylic acids is 4. The highest BCUT2D eigenvalue weighted by molar-refractivity contribution is 6.00. The van der Waals surface area contributed by atoms with Gasteiger partial charge in [-0.05, 0) is 37.8 Å². The van der Waals surface area contributed by atoms with Crippen molar-refractivity contribution in [2.45, 2.75) is 49.9 Å². The van der Waals surface area contributed by atoms with Crippen LogP contribution in [0.5, 0.6) is 0 Å². The van der Waals surface area contributed by atoms with Gasteiger partial charge in [0.1, 0.15) is 17.8 Å². The molecule has 1 aromatic heterocycles. The van der Waals surface area contributed by atoms with E-state index >= 15 is 0 Å². The smallest absolute Gasteiger partial charge is 0.271 e. The molecule has 4 amide bonds. The lowest BCUT2D eigenvalue weighted by atomic mass is 10.1. The number of rotatable bonds is 3. The van der Waals surface area contributed by atoms with Crippen LogP contribution in [0.1, 0.15) is 36.2 Å². The lowest BCUT2D eigenvalue weighted by Crippen LogP contribution is -2.52. The number of aryl methyl sites for hydroxylation is 1. The van der Waals surface area contributed by atoms with Crippen molar-refractivity contribution in [3.63, 3.8) is 0 Å². The normalized spacial score (nSPS) is 31.2. The van der Waals surface area contributed by atoms with Crippen molar-refractivity contribution in [3.8, 4) is 0 Å². The summed E-state index contributed by atoms with van der Waals surface area (Å²) in [6, 6.07) is 1.63. The molecule has 3 saturated heterocycles. The SMILES string of the molecule is Cn1cccc1C(=O)N1CC[C@@H]2NC(=O)[C@H]3C[C@H](NC(=O)C4CC4)CN3C(=O)[C@H]21. The van der Waals surface area contributed by atoms with Gasteiger partial charge < -0.3 is 25.0 Å². The largest absolute Gasteiger partial charge is 0.351 e. The molecule has 9 heteroatoms. The third-order valence-corrected chi connectivity index (χ3v) is 6.58. The van der Waals surface area contributed by atoms with Crippen LogP contribution in [0.3, 0.4) is 0 Å². The first-order chi connectivity index (χ1) is 13.9. The standard InChI is InChI=1S/C20H25N5O4/c1-23-7-2-3-14(23)19(28)24-8-6-13-16(24)20(29)25-10-12(9-15(25)18(27)22-13)21-17(26)11-4-5-11/h2-3,7,11-13,15-16H,4-6,8-10H2,1H3,(H,21,26)(H,22,27)/t12-,13-,15+,16-/m0/s1. The van der Waals surface area contributed by atoms with Gasteiger partial charge in [0.15, 0.2) is 0 Å². The summed E-state index contributed by atoms with van der Waals surface area (Å²) in [4.78, 5) is 54.6. The molecule has 3 aliphatic heterocycles. The highest BCUT2D eigenvalue weighted by Gasteiger charge is 2.52. The first-order valence-corrected chi connectivity index (χ1v) is 10.3. The van der Waals surface area contributed by atoms with E-state index in [-0.39, 0.29) is 41.6 Å². The molecular weight excluding hydrogens is 374 g/mol. The Balaban J connectivity index is 1.37. The van der Waals surface area contributed by atoms with E-state index in [0.717, 1.165) is 12.8 Å². The molecule has 9 nitrogen and oxygen atoms in total. The first-order valence-electron chi connectivity index (χ1n) is 10.3. The third-order valence-electron chi connectivity index (χ3n) is 6.58. The summed E-state index contributed by atoms with van der Waals surface area (Å²) in [5.41, 5.74) is 0.515. The van der Waals surface area contributed by atoms with Gasteiger partial charge in [-0.15, -0.1) is 0 Å². The van der Waals surface area contributed by atoms with E-state index in [9.17, 15) is 19.2 Å². The molecule has 2 N–H and O–H groups in total. The molecule has 5 rings (SSSR count). The van der Waals surface area contributed by atoms with Gasteiger partial charge in [0, 0.05) is 38.3 Å². The number of aromatic nitrogens is 1. The summed E-state index contributed by atoms with van der Waals surface area (Å²) in [7, 11) is 1.79. The highest BCUT2D eigenvalue weighted by atomic mass is 16.2. The number of amides is 4. The molecule has 0 unspecified atom stereocenters. The Labute approximate surface area is 168 Å². The molecule has 1 aliphatic carbocycles. The number of fused-ring (bicyclic) bond motifs is 2. The van der Waals surface area contributed by atoms with Crippen LogP contribution < -0.4 is 10.6 Å². The topological polar surface area (TPSA) is 104 Å². The zero-order valence-corrected chi connectivity index (χ0v) is 16.3. The molecule has 1 aromatic rings. The fourth-order valence-corrected chi connectivity index (χ4v) is 4.85. The number of hydrogen-bond donors (Lipinski definition) is 2. The minimum Gasteiger partial charge on any atom is -0.351 e. The van der Waals surface area contributed by atoms with E-state index in [0.29, 0.717) is 31.6 Å². The fourth-order valence-electron chi connectivity index (χ4n) is 4.85. The highest BCUT2D eigenvalue weighted by Crippen LogP contribution is 2.32. The van der Waals surface area contributed by atoms with Crippen molar-refractivity contribution in [2.75, 3.05) is 13.1 Å². The Kier molecular flexibility index (Phi) is 4.15. The van der Waals surface area contributed by atoms with Crippen molar-refractivity contribution in [1.82, 2.24) is 25.0 Å². The van der Waals surface area contributed by atoms with Crippen molar-refractivity contribution < 1.29 is 19.2 Å². The van der Waals surface area contributed by atoms with Crippen LogP contribution in [0.2, 0.25) is 0 Å². The molecular formula is C20H25N5O4. The van der Waals surface area contributed by atoms with Crippen molar-refractivity contribution in [3.05, 3.63) is 24.0 Å². The Morgan fingerprint density at radius 1 is 1.21 bits per heavy atom. The second-order valence-electron chi connectivity index (χ2n) is 8.57. The first kappa shape index (κ1) is 18.2. The average molecular weight is 399 g/mol. The second kappa shape index (κ2) is 6.60. The Morgan fingerprint density at radius 2 is 2.00 bits per heavy atom. The predicted molar refractivity (Wildman–Crippen MR) is 102 cm³/mol. The summed E-state index contributed by atoms with van der Waals surface area (Å²) in [5.74, 6) is -0.509. The number of nitrogens with zero attached hydrogens (tertiary/aromatic N) is 3. The number of hydrogen-bond acceptors (Lipinski definition) is 4. The maximum Gasteiger partial charge on any atom is 0.271 e. The molecule has 0 aromatic carbocycles. The van der Waals surface area contributed by atoms with Crippen molar-refractivity contribution in [2.24, 2.45) is 13.0 Å². The van der Waals surface area contributed by atoms with Crippen LogP contribution in [-0.4, -0.2) is 75.3 Å². The van der Waals surface area contributed by atoms with Gasteiger partial charge in [-0.3, -0.25) is 19.2 Å². The van der Waals surface area contributed by atoms with Gasteiger partial charge in [0.05, 0.1) is 6.04 Å². The monoisotopic (exact) mass is 399 g/mol.